The quantitative estimate of drug-likeness (QED) is 0.357. The second kappa shape index (κ2) is 7.02. The van der Waals surface area contributed by atoms with E-state index in [1.54, 1.807) is 12.2 Å². The zero-order valence-electron chi connectivity index (χ0n) is 6.32. The van der Waals surface area contributed by atoms with Crippen molar-refractivity contribution in [1.29, 1.82) is 0 Å². The molecule has 62 valence electrons. The predicted molar refractivity (Wildman–Crippen MR) is 42.4 cm³/mol. The van der Waals surface area contributed by atoms with Crippen molar-refractivity contribution in [3.05, 3.63) is 24.8 Å². The van der Waals surface area contributed by atoms with E-state index in [1.165, 1.54) is 0 Å². The summed E-state index contributed by atoms with van der Waals surface area (Å²) >= 11 is 0. The fourth-order valence-electron chi connectivity index (χ4n) is 0.502. The van der Waals surface area contributed by atoms with E-state index in [9.17, 15) is 4.79 Å². The normalized spacial score (nSPS) is 10.2. The summed E-state index contributed by atoms with van der Waals surface area (Å²) in [4.78, 5) is 9.94. The molecular weight excluding hydrogens is 144 g/mol. The summed E-state index contributed by atoms with van der Waals surface area (Å²) in [6.45, 7) is 4.52. The number of carbonyl (C=O) groups is 1. The minimum Gasteiger partial charge on any atom is -0.478 e. The molecule has 0 bridgehead atoms. The Morgan fingerprint density at radius 2 is 2.36 bits per heavy atom. The van der Waals surface area contributed by atoms with Crippen molar-refractivity contribution in [2.45, 2.75) is 6.42 Å². The van der Waals surface area contributed by atoms with Gasteiger partial charge in [-0.2, -0.15) is 0 Å². The van der Waals surface area contributed by atoms with E-state index < -0.39 is 5.97 Å². The van der Waals surface area contributed by atoms with Gasteiger partial charge in [-0.3, -0.25) is 0 Å². The van der Waals surface area contributed by atoms with Crippen LogP contribution in [0.5, 0.6) is 0 Å². The zero-order chi connectivity index (χ0) is 8.53. The average Bonchev–Trinajstić information content (AvgIpc) is 1.96. The first-order valence-electron chi connectivity index (χ1n) is 3.35. The topological polar surface area (TPSA) is 46.5 Å². The van der Waals surface area contributed by atoms with Gasteiger partial charge in [0.05, 0.1) is 13.2 Å². The van der Waals surface area contributed by atoms with Crippen LogP contribution in [-0.4, -0.2) is 24.3 Å². The number of hydrogen-bond donors (Lipinski definition) is 1. The van der Waals surface area contributed by atoms with E-state index in [-0.39, 0.29) is 0 Å². The predicted octanol–water partition coefficient (Wildman–Crippen LogP) is 1.22. The summed E-state index contributed by atoms with van der Waals surface area (Å²) in [5, 5.41) is 8.17. The summed E-state index contributed by atoms with van der Waals surface area (Å²) in [5.74, 6) is -0.922. The van der Waals surface area contributed by atoms with Crippen LogP contribution in [0.1, 0.15) is 6.42 Å². The monoisotopic (exact) mass is 156 g/mol. The highest BCUT2D eigenvalue weighted by atomic mass is 16.5. The highest BCUT2D eigenvalue weighted by Gasteiger charge is 1.84. The molecule has 0 atom stereocenters. The number of aliphatic carboxylic acids is 1. The number of ether oxygens (including phenoxy) is 1. The first-order chi connectivity index (χ1) is 5.27. The maximum atomic E-state index is 9.94. The Labute approximate surface area is 66.0 Å². The Morgan fingerprint density at radius 1 is 1.64 bits per heavy atom. The third-order valence-electron chi connectivity index (χ3n) is 0.925. The van der Waals surface area contributed by atoms with Crippen molar-refractivity contribution < 1.29 is 14.6 Å². The van der Waals surface area contributed by atoms with Gasteiger partial charge in [-0.1, -0.05) is 12.2 Å². The van der Waals surface area contributed by atoms with Crippen LogP contribution in [0, 0.1) is 0 Å². The van der Waals surface area contributed by atoms with Crippen LogP contribution in [0.15, 0.2) is 24.8 Å². The summed E-state index contributed by atoms with van der Waals surface area (Å²) in [5.41, 5.74) is 0. The first-order valence-corrected chi connectivity index (χ1v) is 3.35. The fraction of sp³-hybridized carbons (Fsp3) is 0.375. The molecule has 0 aromatic rings. The van der Waals surface area contributed by atoms with Crippen LogP contribution < -0.4 is 0 Å². The highest BCUT2D eigenvalue weighted by molar-refractivity contribution is 5.79. The van der Waals surface area contributed by atoms with E-state index >= 15 is 0 Å². The lowest BCUT2D eigenvalue weighted by Crippen LogP contribution is -1.93. The largest absolute Gasteiger partial charge is 0.478 e. The SMILES string of the molecule is C=CCOCC/C=C/C(=O)O. The van der Waals surface area contributed by atoms with Crippen molar-refractivity contribution in [3.63, 3.8) is 0 Å². The van der Waals surface area contributed by atoms with Gasteiger partial charge in [0.1, 0.15) is 0 Å². The summed E-state index contributed by atoms with van der Waals surface area (Å²) < 4.78 is 5.00. The molecule has 0 aromatic heterocycles. The third kappa shape index (κ3) is 8.91. The van der Waals surface area contributed by atoms with Crippen molar-refractivity contribution in [3.8, 4) is 0 Å². The van der Waals surface area contributed by atoms with E-state index in [1.807, 2.05) is 0 Å². The zero-order valence-corrected chi connectivity index (χ0v) is 6.32. The molecule has 0 aromatic carbocycles. The molecule has 0 amide bonds. The van der Waals surface area contributed by atoms with E-state index in [4.69, 9.17) is 9.84 Å². The lowest BCUT2D eigenvalue weighted by molar-refractivity contribution is -0.131. The van der Waals surface area contributed by atoms with Gasteiger partial charge in [0.2, 0.25) is 0 Å². The van der Waals surface area contributed by atoms with Gasteiger partial charge in [-0.15, -0.1) is 6.58 Å². The lowest BCUT2D eigenvalue weighted by Gasteiger charge is -1.94. The van der Waals surface area contributed by atoms with Crippen molar-refractivity contribution >= 4 is 5.97 Å². The molecule has 0 spiro atoms. The Balaban J connectivity index is 3.13. The van der Waals surface area contributed by atoms with Crippen LogP contribution in [0.2, 0.25) is 0 Å². The van der Waals surface area contributed by atoms with E-state index in [0.29, 0.717) is 19.6 Å². The van der Waals surface area contributed by atoms with Gasteiger partial charge in [-0.25, -0.2) is 4.79 Å². The van der Waals surface area contributed by atoms with Gasteiger partial charge < -0.3 is 9.84 Å². The average molecular weight is 156 g/mol. The van der Waals surface area contributed by atoms with Gasteiger partial charge in [-0.05, 0) is 6.42 Å². The number of carboxylic acids is 1. The van der Waals surface area contributed by atoms with Gasteiger partial charge in [0, 0.05) is 6.08 Å². The summed E-state index contributed by atoms with van der Waals surface area (Å²) in [6, 6.07) is 0. The smallest absolute Gasteiger partial charge is 0.327 e. The van der Waals surface area contributed by atoms with Crippen molar-refractivity contribution in [2.75, 3.05) is 13.2 Å². The van der Waals surface area contributed by atoms with Crippen LogP contribution in [-0.2, 0) is 9.53 Å². The second-order valence-corrected chi connectivity index (χ2v) is 1.89. The van der Waals surface area contributed by atoms with Gasteiger partial charge >= 0.3 is 5.97 Å². The first kappa shape index (κ1) is 9.91. The van der Waals surface area contributed by atoms with Gasteiger partial charge in [0.15, 0.2) is 0 Å². The molecule has 0 saturated heterocycles. The van der Waals surface area contributed by atoms with Crippen LogP contribution in [0.4, 0.5) is 0 Å². The molecule has 0 unspecified atom stereocenters. The number of carboxylic acid groups (broad SMARTS) is 1. The molecule has 0 heterocycles. The van der Waals surface area contributed by atoms with Crippen molar-refractivity contribution in [2.24, 2.45) is 0 Å². The fourth-order valence-corrected chi connectivity index (χ4v) is 0.502. The molecule has 0 aliphatic carbocycles. The van der Waals surface area contributed by atoms with Gasteiger partial charge in [0.25, 0.3) is 0 Å². The van der Waals surface area contributed by atoms with Crippen LogP contribution in [0.25, 0.3) is 0 Å². The Kier molecular flexibility index (Phi) is 6.33. The molecule has 3 nitrogen and oxygen atoms in total. The van der Waals surface area contributed by atoms with Crippen molar-refractivity contribution in [1.82, 2.24) is 0 Å². The summed E-state index contributed by atoms with van der Waals surface area (Å²) in [7, 11) is 0. The maximum absolute atomic E-state index is 9.94. The van der Waals surface area contributed by atoms with E-state index in [2.05, 4.69) is 6.58 Å². The Bertz CT molecular complexity index is 149. The molecule has 1 N–H and O–H groups in total. The third-order valence-corrected chi connectivity index (χ3v) is 0.925. The molecule has 0 radical (unpaired) electrons. The molecule has 11 heavy (non-hydrogen) atoms. The minimum atomic E-state index is -0.922. The molecule has 0 saturated carbocycles. The molecular formula is C8H12O3. The molecule has 0 aliphatic rings. The highest BCUT2D eigenvalue weighted by Crippen LogP contribution is 1.85. The van der Waals surface area contributed by atoms with E-state index in [0.717, 1.165) is 6.08 Å². The Hall–Kier alpha value is -1.09. The minimum absolute atomic E-state index is 0.515. The number of rotatable bonds is 6. The molecule has 0 fully saturated rings. The second-order valence-electron chi connectivity index (χ2n) is 1.89. The number of hydrogen-bond acceptors (Lipinski definition) is 2. The lowest BCUT2D eigenvalue weighted by atomic mass is 10.4. The summed E-state index contributed by atoms with van der Waals surface area (Å²) in [6.07, 6.45) is 4.95. The maximum Gasteiger partial charge on any atom is 0.327 e. The van der Waals surface area contributed by atoms with Crippen LogP contribution in [0.3, 0.4) is 0 Å². The Morgan fingerprint density at radius 3 is 2.91 bits per heavy atom. The molecule has 0 rings (SSSR count). The molecule has 0 aliphatic heterocycles. The standard InChI is InChI=1S/C8H12O3/c1-2-6-11-7-4-3-5-8(9)10/h2-3,5H,1,4,6-7H2,(H,9,10)/b5-3+. The van der Waals surface area contributed by atoms with Crippen LogP contribution >= 0.6 is 0 Å². The molecule has 3 heteroatoms.